The Kier molecular flexibility index (Phi) is 4.62. The molecule has 0 saturated carbocycles. The fourth-order valence-corrected chi connectivity index (χ4v) is 3.08. The molecule has 0 amide bonds. The minimum absolute atomic E-state index is 0.00802. The van der Waals surface area contributed by atoms with Gasteiger partial charge in [0.2, 0.25) is 0 Å². The molecule has 0 bridgehead atoms. The first kappa shape index (κ1) is 16.2. The largest absolute Gasteiger partial charge is 0.496 e. The van der Waals surface area contributed by atoms with Crippen LogP contribution in [0.3, 0.4) is 0 Å². The Morgan fingerprint density at radius 2 is 1.96 bits per heavy atom. The summed E-state index contributed by atoms with van der Waals surface area (Å²) in [6, 6.07) is 12.3. The molecule has 0 spiro atoms. The third kappa shape index (κ3) is 3.03. The zero-order valence-electron chi connectivity index (χ0n) is 13.4. The molecule has 2 aromatic rings. The van der Waals surface area contributed by atoms with E-state index in [9.17, 15) is 14.7 Å². The van der Waals surface area contributed by atoms with E-state index >= 15 is 0 Å². The molecule has 0 aromatic heterocycles. The van der Waals surface area contributed by atoms with Crippen molar-refractivity contribution in [1.29, 1.82) is 0 Å². The highest BCUT2D eigenvalue weighted by Crippen LogP contribution is 2.31. The van der Waals surface area contributed by atoms with Gasteiger partial charge in [0.25, 0.3) is 0 Å². The van der Waals surface area contributed by atoms with Crippen LogP contribution in [-0.4, -0.2) is 37.1 Å². The second kappa shape index (κ2) is 6.84. The van der Waals surface area contributed by atoms with Crippen LogP contribution in [0, 0.1) is 5.92 Å². The van der Waals surface area contributed by atoms with Crippen LogP contribution in [0.4, 0.5) is 0 Å². The molecule has 1 unspecified atom stereocenters. The molecule has 1 atom stereocenters. The van der Waals surface area contributed by atoms with Gasteiger partial charge in [0, 0.05) is 18.0 Å². The minimum atomic E-state index is -1.04. The van der Waals surface area contributed by atoms with Crippen molar-refractivity contribution >= 4 is 11.8 Å². The van der Waals surface area contributed by atoms with Crippen molar-refractivity contribution in [1.82, 2.24) is 5.32 Å². The quantitative estimate of drug-likeness (QED) is 0.827. The third-order valence-electron chi connectivity index (χ3n) is 4.37. The number of hydrogen-bond donors (Lipinski definition) is 2. The Morgan fingerprint density at radius 1 is 1.17 bits per heavy atom. The molecule has 1 heterocycles. The summed E-state index contributed by atoms with van der Waals surface area (Å²) in [6.45, 7) is 1.56. The van der Waals surface area contributed by atoms with Crippen LogP contribution < -0.4 is 10.1 Å². The SMILES string of the molecule is COc1cc(-c2ccccc2C(=O)C2CCNC2)ccc1C(=O)O. The molecule has 2 N–H and O–H groups in total. The standard InChI is InChI=1S/C19H19NO4/c1-24-17-10-12(6-7-16(17)19(22)23)14-4-2-3-5-15(14)18(21)13-8-9-20-11-13/h2-7,10,13,20H,8-9,11H2,1H3,(H,22,23). The number of nitrogens with one attached hydrogen (secondary N) is 1. The third-order valence-corrected chi connectivity index (χ3v) is 4.37. The van der Waals surface area contributed by atoms with Crippen molar-refractivity contribution in [2.45, 2.75) is 6.42 Å². The number of ketones is 1. The maximum Gasteiger partial charge on any atom is 0.339 e. The van der Waals surface area contributed by atoms with Gasteiger partial charge in [0.1, 0.15) is 11.3 Å². The Morgan fingerprint density at radius 3 is 2.62 bits per heavy atom. The van der Waals surface area contributed by atoms with Crippen molar-refractivity contribution < 1.29 is 19.4 Å². The van der Waals surface area contributed by atoms with E-state index in [1.165, 1.54) is 13.2 Å². The number of ether oxygens (including phenoxy) is 1. The highest BCUT2D eigenvalue weighted by molar-refractivity contribution is 6.04. The lowest BCUT2D eigenvalue weighted by atomic mass is 9.90. The van der Waals surface area contributed by atoms with Gasteiger partial charge < -0.3 is 15.2 Å². The maximum absolute atomic E-state index is 12.8. The molecule has 2 aromatic carbocycles. The topological polar surface area (TPSA) is 75.6 Å². The molecule has 3 rings (SSSR count). The first-order chi connectivity index (χ1) is 11.6. The number of carboxylic acids is 1. The second-order valence-electron chi connectivity index (χ2n) is 5.82. The number of hydrogen-bond acceptors (Lipinski definition) is 4. The van der Waals surface area contributed by atoms with Gasteiger partial charge in [-0.3, -0.25) is 4.79 Å². The summed E-state index contributed by atoms with van der Waals surface area (Å²) < 4.78 is 5.19. The van der Waals surface area contributed by atoms with Gasteiger partial charge in [-0.15, -0.1) is 0 Å². The number of Topliss-reactive ketones (excluding diaryl/α,β-unsaturated/α-hetero) is 1. The van der Waals surface area contributed by atoms with Crippen molar-refractivity contribution in [2.75, 3.05) is 20.2 Å². The molecular formula is C19H19NO4. The predicted molar refractivity (Wildman–Crippen MR) is 90.7 cm³/mol. The van der Waals surface area contributed by atoms with Crippen LogP contribution in [0.2, 0.25) is 0 Å². The van der Waals surface area contributed by atoms with Gasteiger partial charge in [-0.25, -0.2) is 4.79 Å². The van der Waals surface area contributed by atoms with Crippen LogP contribution in [0.5, 0.6) is 5.75 Å². The van der Waals surface area contributed by atoms with E-state index in [2.05, 4.69) is 5.32 Å². The van der Waals surface area contributed by atoms with Gasteiger partial charge in [-0.1, -0.05) is 30.3 Å². The van der Waals surface area contributed by atoms with E-state index in [4.69, 9.17) is 4.74 Å². The zero-order valence-corrected chi connectivity index (χ0v) is 13.4. The fraction of sp³-hybridized carbons (Fsp3) is 0.263. The lowest BCUT2D eigenvalue weighted by Crippen LogP contribution is -2.18. The first-order valence-electron chi connectivity index (χ1n) is 7.87. The summed E-state index contributed by atoms with van der Waals surface area (Å²) >= 11 is 0. The van der Waals surface area contributed by atoms with Crippen molar-refractivity contribution in [3.05, 3.63) is 53.6 Å². The summed E-state index contributed by atoms with van der Waals surface area (Å²) in [5.74, 6) is -0.646. The zero-order chi connectivity index (χ0) is 17.1. The summed E-state index contributed by atoms with van der Waals surface area (Å²) in [5.41, 5.74) is 2.33. The number of methoxy groups -OCH3 is 1. The van der Waals surface area contributed by atoms with Crippen molar-refractivity contribution in [3.63, 3.8) is 0 Å². The molecule has 1 aliphatic heterocycles. The summed E-state index contributed by atoms with van der Waals surface area (Å²) in [4.78, 5) is 24.0. The predicted octanol–water partition coefficient (Wildman–Crippen LogP) is 2.85. The highest BCUT2D eigenvalue weighted by Gasteiger charge is 2.25. The highest BCUT2D eigenvalue weighted by atomic mass is 16.5. The average Bonchev–Trinajstić information content (AvgIpc) is 3.15. The van der Waals surface area contributed by atoms with Gasteiger partial charge in [0.05, 0.1) is 7.11 Å². The van der Waals surface area contributed by atoms with Gasteiger partial charge in [-0.05, 0) is 36.2 Å². The monoisotopic (exact) mass is 325 g/mol. The maximum atomic E-state index is 12.8. The molecule has 5 nitrogen and oxygen atoms in total. The van der Waals surface area contributed by atoms with E-state index in [1.54, 1.807) is 12.1 Å². The summed E-state index contributed by atoms with van der Waals surface area (Å²) in [7, 11) is 1.44. The number of aromatic carboxylic acids is 1. The lowest BCUT2D eigenvalue weighted by molar-refractivity contribution is 0.0693. The molecule has 5 heteroatoms. The molecule has 0 radical (unpaired) electrons. The van der Waals surface area contributed by atoms with Gasteiger partial charge in [0.15, 0.2) is 5.78 Å². The summed E-state index contributed by atoms with van der Waals surface area (Å²) in [6.07, 6.45) is 0.842. The van der Waals surface area contributed by atoms with E-state index in [0.717, 1.165) is 24.1 Å². The fourth-order valence-electron chi connectivity index (χ4n) is 3.08. The molecule has 24 heavy (non-hydrogen) atoms. The number of carbonyl (C=O) groups is 2. The Hall–Kier alpha value is -2.66. The van der Waals surface area contributed by atoms with Crippen LogP contribution in [0.25, 0.3) is 11.1 Å². The van der Waals surface area contributed by atoms with Crippen molar-refractivity contribution in [2.24, 2.45) is 5.92 Å². The van der Waals surface area contributed by atoms with E-state index in [1.807, 2.05) is 24.3 Å². The lowest BCUT2D eigenvalue weighted by Gasteiger charge is -2.14. The van der Waals surface area contributed by atoms with Crippen molar-refractivity contribution in [3.8, 4) is 16.9 Å². The van der Waals surface area contributed by atoms with Crippen LogP contribution in [0.1, 0.15) is 27.1 Å². The minimum Gasteiger partial charge on any atom is -0.496 e. The number of carbonyl (C=O) groups excluding carboxylic acids is 1. The second-order valence-corrected chi connectivity index (χ2v) is 5.82. The molecule has 1 aliphatic rings. The number of benzene rings is 2. The van der Waals surface area contributed by atoms with Crippen LogP contribution in [0.15, 0.2) is 42.5 Å². The molecular weight excluding hydrogens is 306 g/mol. The van der Waals surface area contributed by atoms with Gasteiger partial charge in [-0.2, -0.15) is 0 Å². The van der Waals surface area contributed by atoms with E-state index < -0.39 is 5.97 Å². The average molecular weight is 325 g/mol. The Labute approximate surface area is 140 Å². The molecule has 1 saturated heterocycles. The Balaban J connectivity index is 2.04. The summed E-state index contributed by atoms with van der Waals surface area (Å²) in [5, 5.41) is 12.4. The Bertz CT molecular complexity index is 779. The molecule has 1 fully saturated rings. The van der Waals surface area contributed by atoms with Gasteiger partial charge >= 0.3 is 5.97 Å². The number of rotatable bonds is 5. The normalized spacial score (nSPS) is 16.8. The van der Waals surface area contributed by atoms with Crippen LogP contribution in [-0.2, 0) is 0 Å². The number of carboxylic acid groups (broad SMARTS) is 1. The molecule has 124 valence electrons. The van der Waals surface area contributed by atoms with E-state index in [-0.39, 0.29) is 23.0 Å². The smallest absolute Gasteiger partial charge is 0.339 e. The molecule has 0 aliphatic carbocycles. The first-order valence-corrected chi connectivity index (χ1v) is 7.87. The van der Waals surface area contributed by atoms with E-state index in [0.29, 0.717) is 12.1 Å². The van der Waals surface area contributed by atoms with Crippen LogP contribution >= 0.6 is 0 Å².